The molecule has 0 bridgehead atoms. The summed E-state index contributed by atoms with van der Waals surface area (Å²) < 4.78 is 0. The molecule has 2 atom stereocenters. The van der Waals surface area contributed by atoms with Crippen molar-refractivity contribution in [2.24, 2.45) is 5.41 Å². The highest BCUT2D eigenvalue weighted by atomic mass is 16.4. The summed E-state index contributed by atoms with van der Waals surface area (Å²) in [6, 6.07) is -0.820. The molecule has 3 N–H and O–H groups in total. The molecule has 0 radical (unpaired) electrons. The maximum Gasteiger partial charge on any atom is 0.325 e. The third-order valence-electron chi connectivity index (χ3n) is 2.63. The van der Waals surface area contributed by atoms with Crippen molar-refractivity contribution in [1.29, 1.82) is 0 Å². The van der Waals surface area contributed by atoms with Gasteiger partial charge in [0.1, 0.15) is 6.04 Å². The number of carbonyl (C=O) groups excluding carboxylic acids is 1. The Morgan fingerprint density at radius 2 is 2.21 bits per heavy atom. The Morgan fingerprint density at radius 3 is 2.64 bits per heavy atom. The summed E-state index contributed by atoms with van der Waals surface area (Å²) in [6.07, 6.45) is 0.755. The second-order valence-corrected chi connectivity index (χ2v) is 4.02. The van der Waals surface area contributed by atoms with Crippen molar-refractivity contribution in [1.82, 2.24) is 10.6 Å². The van der Waals surface area contributed by atoms with Crippen molar-refractivity contribution >= 4 is 11.9 Å². The van der Waals surface area contributed by atoms with Gasteiger partial charge in [-0.25, -0.2) is 0 Å². The van der Waals surface area contributed by atoms with Gasteiger partial charge in [-0.05, 0) is 26.8 Å². The van der Waals surface area contributed by atoms with E-state index in [0.29, 0.717) is 6.54 Å². The zero-order valence-corrected chi connectivity index (χ0v) is 8.46. The lowest BCUT2D eigenvalue weighted by molar-refractivity contribution is -0.142. The molecule has 0 spiro atoms. The normalized spacial score (nSPS) is 28.4. The first-order valence-corrected chi connectivity index (χ1v) is 4.70. The monoisotopic (exact) mass is 200 g/mol. The third-order valence-corrected chi connectivity index (χ3v) is 2.63. The molecule has 80 valence electrons. The summed E-state index contributed by atoms with van der Waals surface area (Å²) in [5.41, 5.74) is -0.455. The minimum Gasteiger partial charge on any atom is -0.480 e. The van der Waals surface area contributed by atoms with Gasteiger partial charge in [-0.2, -0.15) is 0 Å². The number of rotatable bonds is 3. The average molecular weight is 200 g/mol. The lowest BCUT2D eigenvalue weighted by atomic mass is 9.88. The van der Waals surface area contributed by atoms with Crippen LogP contribution in [0.25, 0.3) is 0 Å². The Bertz CT molecular complexity index is 246. The van der Waals surface area contributed by atoms with Gasteiger partial charge < -0.3 is 15.7 Å². The zero-order valence-electron chi connectivity index (χ0n) is 8.46. The van der Waals surface area contributed by atoms with E-state index >= 15 is 0 Å². The van der Waals surface area contributed by atoms with Crippen LogP contribution < -0.4 is 10.6 Å². The van der Waals surface area contributed by atoms with E-state index in [1.165, 1.54) is 6.92 Å². The number of carboxylic acids is 1. The van der Waals surface area contributed by atoms with Crippen LogP contribution in [0.1, 0.15) is 20.3 Å². The molecule has 1 rings (SSSR count). The van der Waals surface area contributed by atoms with E-state index in [4.69, 9.17) is 5.11 Å². The van der Waals surface area contributed by atoms with Crippen LogP contribution in [0.2, 0.25) is 0 Å². The lowest BCUT2D eigenvalue weighted by Gasteiger charge is -2.22. The molecule has 1 aliphatic rings. The zero-order chi connectivity index (χ0) is 10.8. The maximum atomic E-state index is 11.7. The van der Waals surface area contributed by atoms with Crippen molar-refractivity contribution < 1.29 is 14.7 Å². The van der Waals surface area contributed by atoms with Crippen molar-refractivity contribution in [2.45, 2.75) is 26.3 Å². The summed E-state index contributed by atoms with van der Waals surface area (Å²) in [7, 11) is 0. The number of amides is 1. The molecular weight excluding hydrogens is 184 g/mol. The summed E-state index contributed by atoms with van der Waals surface area (Å²) >= 11 is 0. The highest BCUT2D eigenvalue weighted by Gasteiger charge is 2.37. The number of carbonyl (C=O) groups is 2. The standard InChI is InChI=1S/C9H16N2O3/c1-6(7(12)13)11-8(14)9(2)3-4-10-5-9/h6,10H,3-5H2,1-2H3,(H,11,14)(H,12,13)/t6-,9?/m0/s1. The molecule has 0 aromatic heterocycles. The molecule has 14 heavy (non-hydrogen) atoms. The van der Waals surface area contributed by atoms with Gasteiger partial charge in [0, 0.05) is 6.54 Å². The van der Waals surface area contributed by atoms with Gasteiger partial charge in [0.05, 0.1) is 5.41 Å². The largest absolute Gasteiger partial charge is 0.480 e. The van der Waals surface area contributed by atoms with Crippen molar-refractivity contribution in [2.75, 3.05) is 13.1 Å². The Labute approximate surface area is 82.9 Å². The van der Waals surface area contributed by atoms with Gasteiger partial charge in [0.25, 0.3) is 0 Å². The average Bonchev–Trinajstić information content (AvgIpc) is 2.53. The van der Waals surface area contributed by atoms with E-state index in [2.05, 4.69) is 10.6 Å². The van der Waals surface area contributed by atoms with Crippen molar-refractivity contribution in [3.8, 4) is 0 Å². The first-order chi connectivity index (χ1) is 6.46. The Morgan fingerprint density at radius 1 is 1.57 bits per heavy atom. The maximum absolute atomic E-state index is 11.7. The van der Waals surface area contributed by atoms with Gasteiger partial charge in [0.15, 0.2) is 0 Å². The minimum absolute atomic E-state index is 0.183. The van der Waals surface area contributed by atoms with Gasteiger partial charge in [-0.15, -0.1) is 0 Å². The SMILES string of the molecule is C[C@H](NC(=O)C1(C)CCNC1)C(=O)O. The second kappa shape index (κ2) is 3.96. The molecule has 1 heterocycles. The predicted octanol–water partition coefficient (Wildman–Crippen LogP) is -0.425. The molecule has 0 saturated carbocycles. The Hall–Kier alpha value is -1.10. The fourth-order valence-corrected chi connectivity index (χ4v) is 1.44. The van der Waals surface area contributed by atoms with Crippen molar-refractivity contribution in [3.05, 3.63) is 0 Å². The first-order valence-electron chi connectivity index (χ1n) is 4.70. The molecule has 0 aliphatic carbocycles. The van der Waals surface area contributed by atoms with Crippen LogP contribution in [0.3, 0.4) is 0 Å². The Balaban J connectivity index is 2.53. The van der Waals surface area contributed by atoms with Crippen molar-refractivity contribution in [3.63, 3.8) is 0 Å². The van der Waals surface area contributed by atoms with Crippen LogP contribution in [0, 0.1) is 5.41 Å². The lowest BCUT2D eigenvalue weighted by Crippen LogP contribution is -2.47. The van der Waals surface area contributed by atoms with Crippen LogP contribution >= 0.6 is 0 Å². The number of aliphatic carboxylic acids is 1. The minimum atomic E-state index is -1.01. The highest BCUT2D eigenvalue weighted by Crippen LogP contribution is 2.24. The van der Waals surface area contributed by atoms with E-state index in [0.717, 1.165) is 13.0 Å². The third kappa shape index (κ3) is 2.23. The number of nitrogens with one attached hydrogen (secondary N) is 2. The molecular formula is C9H16N2O3. The molecule has 1 amide bonds. The Kier molecular flexibility index (Phi) is 3.10. The first kappa shape index (κ1) is 11.0. The van der Waals surface area contributed by atoms with Gasteiger partial charge in [-0.3, -0.25) is 9.59 Å². The molecule has 5 nitrogen and oxygen atoms in total. The fraction of sp³-hybridized carbons (Fsp3) is 0.778. The van der Waals surface area contributed by atoms with E-state index in [-0.39, 0.29) is 5.91 Å². The van der Waals surface area contributed by atoms with Gasteiger partial charge in [0.2, 0.25) is 5.91 Å². The summed E-state index contributed by atoms with van der Waals surface area (Å²) in [5, 5.41) is 14.2. The predicted molar refractivity (Wildman–Crippen MR) is 50.8 cm³/mol. The second-order valence-electron chi connectivity index (χ2n) is 4.02. The number of hydrogen-bond donors (Lipinski definition) is 3. The van der Waals surface area contributed by atoms with Gasteiger partial charge in [-0.1, -0.05) is 0 Å². The van der Waals surface area contributed by atoms with E-state index in [9.17, 15) is 9.59 Å². The molecule has 1 saturated heterocycles. The van der Waals surface area contributed by atoms with Crippen LogP contribution in [-0.2, 0) is 9.59 Å². The molecule has 1 aliphatic heterocycles. The summed E-state index contributed by atoms with van der Waals surface area (Å²) in [6.45, 7) is 4.74. The van der Waals surface area contributed by atoms with E-state index in [1.807, 2.05) is 6.92 Å². The quantitative estimate of drug-likeness (QED) is 0.578. The van der Waals surface area contributed by atoms with E-state index in [1.54, 1.807) is 0 Å². The highest BCUT2D eigenvalue weighted by molar-refractivity contribution is 5.87. The van der Waals surface area contributed by atoms with Crippen LogP contribution in [0.4, 0.5) is 0 Å². The smallest absolute Gasteiger partial charge is 0.325 e. The topological polar surface area (TPSA) is 78.4 Å². The molecule has 1 unspecified atom stereocenters. The summed E-state index contributed by atoms with van der Waals surface area (Å²) in [5.74, 6) is -1.19. The molecule has 5 heteroatoms. The number of carboxylic acid groups (broad SMARTS) is 1. The fourth-order valence-electron chi connectivity index (χ4n) is 1.44. The van der Waals surface area contributed by atoms with E-state index < -0.39 is 17.4 Å². The van der Waals surface area contributed by atoms with Crippen LogP contribution in [0.15, 0.2) is 0 Å². The molecule has 1 fully saturated rings. The molecule has 0 aromatic rings. The summed E-state index contributed by atoms with van der Waals surface area (Å²) in [4.78, 5) is 22.2. The van der Waals surface area contributed by atoms with Crippen LogP contribution in [-0.4, -0.2) is 36.1 Å². The van der Waals surface area contributed by atoms with Gasteiger partial charge >= 0.3 is 5.97 Å². The molecule has 0 aromatic carbocycles. The van der Waals surface area contributed by atoms with Crippen LogP contribution in [0.5, 0.6) is 0 Å². The number of hydrogen-bond acceptors (Lipinski definition) is 3.